The number of benzene rings is 1. The van der Waals surface area contributed by atoms with Crippen molar-refractivity contribution >= 4 is 11.3 Å². The Hall–Kier alpha value is -1.23. The van der Waals surface area contributed by atoms with Crippen LogP contribution in [-0.2, 0) is 10.2 Å². The molecule has 0 radical (unpaired) electrons. The van der Waals surface area contributed by atoms with E-state index in [9.17, 15) is 0 Å². The molecular formula is C17H24N2OS. The largest absolute Gasteiger partial charge is 0.383 e. The molecule has 1 aromatic heterocycles. The first-order chi connectivity index (χ1) is 10.0. The van der Waals surface area contributed by atoms with Gasteiger partial charge in [0.2, 0.25) is 0 Å². The molecule has 0 amide bonds. The van der Waals surface area contributed by atoms with E-state index in [-0.39, 0.29) is 11.5 Å². The zero-order valence-electron chi connectivity index (χ0n) is 13.2. The second-order valence-electron chi connectivity index (χ2n) is 6.11. The van der Waals surface area contributed by atoms with Crippen LogP contribution in [0.15, 0.2) is 35.7 Å². The fourth-order valence-corrected chi connectivity index (χ4v) is 3.21. The van der Waals surface area contributed by atoms with Crippen LogP contribution in [0.5, 0.6) is 0 Å². The average molecular weight is 304 g/mol. The minimum atomic E-state index is 0.0858. The van der Waals surface area contributed by atoms with Gasteiger partial charge < -0.3 is 10.1 Å². The molecule has 3 nitrogen and oxygen atoms in total. The first-order valence-corrected chi connectivity index (χ1v) is 8.13. The van der Waals surface area contributed by atoms with E-state index in [4.69, 9.17) is 9.72 Å². The zero-order chi connectivity index (χ0) is 15.3. The molecule has 0 saturated heterocycles. The second-order valence-corrected chi connectivity index (χ2v) is 7.00. The molecule has 0 aliphatic carbocycles. The number of thiazole rings is 1. The van der Waals surface area contributed by atoms with Crippen molar-refractivity contribution in [3.63, 3.8) is 0 Å². The van der Waals surface area contributed by atoms with Crippen molar-refractivity contribution in [2.24, 2.45) is 0 Å². The van der Waals surface area contributed by atoms with Crippen LogP contribution in [0.3, 0.4) is 0 Å². The van der Waals surface area contributed by atoms with Gasteiger partial charge in [-0.1, -0.05) is 51.1 Å². The van der Waals surface area contributed by atoms with Gasteiger partial charge >= 0.3 is 0 Å². The summed E-state index contributed by atoms with van der Waals surface area (Å²) in [6.45, 7) is 8.09. The van der Waals surface area contributed by atoms with E-state index in [1.807, 2.05) is 6.07 Å². The van der Waals surface area contributed by atoms with Crippen molar-refractivity contribution in [2.75, 3.05) is 20.3 Å². The Kier molecular flexibility index (Phi) is 5.51. The summed E-state index contributed by atoms with van der Waals surface area (Å²) >= 11 is 1.72. The van der Waals surface area contributed by atoms with Crippen LogP contribution >= 0.6 is 11.3 Å². The van der Waals surface area contributed by atoms with Gasteiger partial charge in [-0.15, -0.1) is 11.3 Å². The summed E-state index contributed by atoms with van der Waals surface area (Å²) in [5, 5.41) is 6.82. The van der Waals surface area contributed by atoms with E-state index in [1.54, 1.807) is 18.4 Å². The predicted octanol–water partition coefficient (Wildman–Crippen LogP) is 3.77. The molecule has 0 fully saturated rings. The highest BCUT2D eigenvalue weighted by Crippen LogP contribution is 2.29. The molecule has 114 valence electrons. The molecule has 0 aliphatic heterocycles. The predicted molar refractivity (Wildman–Crippen MR) is 89.0 cm³/mol. The highest BCUT2D eigenvalue weighted by Gasteiger charge is 2.22. The molecule has 1 atom stereocenters. The Labute approximate surface area is 131 Å². The van der Waals surface area contributed by atoms with Crippen molar-refractivity contribution < 1.29 is 4.74 Å². The maximum Gasteiger partial charge on any atom is 0.114 e. The van der Waals surface area contributed by atoms with Crippen molar-refractivity contribution in [2.45, 2.75) is 32.2 Å². The van der Waals surface area contributed by atoms with Crippen molar-refractivity contribution in [3.8, 4) is 0 Å². The van der Waals surface area contributed by atoms with E-state index in [0.717, 1.165) is 17.2 Å². The van der Waals surface area contributed by atoms with Crippen LogP contribution in [0.25, 0.3) is 0 Å². The molecule has 1 aromatic carbocycles. The maximum absolute atomic E-state index is 5.14. The van der Waals surface area contributed by atoms with Gasteiger partial charge in [0.15, 0.2) is 0 Å². The molecule has 4 heteroatoms. The number of aromatic nitrogens is 1. The third-order valence-electron chi connectivity index (χ3n) is 3.32. The fourth-order valence-electron chi connectivity index (χ4n) is 2.06. The van der Waals surface area contributed by atoms with Crippen LogP contribution in [0.2, 0.25) is 0 Å². The molecule has 0 aliphatic rings. The Balaban J connectivity index is 2.25. The van der Waals surface area contributed by atoms with E-state index in [2.05, 4.69) is 55.7 Å². The smallest absolute Gasteiger partial charge is 0.114 e. The molecule has 21 heavy (non-hydrogen) atoms. The lowest BCUT2D eigenvalue weighted by Gasteiger charge is -2.18. The number of nitrogens with one attached hydrogen (secondary N) is 1. The number of ether oxygens (including phenoxy) is 1. The molecule has 0 saturated carbocycles. The normalized spacial score (nSPS) is 13.3. The van der Waals surface area contributed by atoms with Crippen molar-refractivity contribution in [1.29, 1.82) is 0 Å². The zero-order valence-corrected chi connectivity index (χ0v) is 14.0. The number of rotatable bonds is 6. The molecule has 2 aromatic rings. The van der Waals surface area contributed by atoms with Crippen molar-refractivity contribution in [1.82, 2.24) is 10.3 Å². The molecule has 1 N–H and O–H groups in total. The summed E-state index contributed by atoms with van der Waals surface area (Å²) in [6.07, 6.45) is 0. The van der Waals surface area contributed by atoms with Crippen LogP contribution < -0.4 is 5.32 Å². The number of hydrogen-bond donors (Lipinski definition) is 1. The molecule has 1 unspecified atom stereocenters. The third kappa shape index (κ3) is 4.37. The monoisotopic (exact) mass is 304 g/mol. The van der Waals surface area contributed by atoms with Crippen LogP contribution in [0.1, 0.15) is 43.1 Å². The summed E-state index contributed by atoms with van der Waals surface area (Å²) in [4.78, 5) is 4.85. The minimum absolute atomic E-state index is 0.0858. The van der Waals surface area contributed by atoms with Gasteiger partial charge in [-0.3, -0.25) is 0 Å². The van der Waals surface area contributed by atoms with Gasteiger partial charge in [0.1, 0.15) is 5.01 Å². The van der Waals surface area contributed by atoms with Crippen LogP contribution in [-0.4, -0.2) is 25.2 Å². The van der Waals surface area contributed by atoms with E-state index in [0.29, 0.717) is 6.61 Å². The number of hydrogen-bond acceptors (Lipinski definition) is 4. The lowest BCUT2D eigenvalue weighted by atomic mass is 9.93. The van der Waals surface area contributed by atoms with Gasteiger partial charge in [0.25, 0.3) is 0 Å². The molecule has 2 rings (SSSR count). The highest BCUT2D eigenvalue weighted by molar-refractivity contribution is 7.09. The van der Waals surface area contributed by atoms with Gasteiger partial charge in [-0.05, 0) is 5.56 Å². The van der Waals surface area contributed by atoms with Gasteiger partial charge in [0, 0.05) is 24.4 Å². The van der Waals surface area contributed by atoms with Gasteiger partial charge in [-0.2, -0.15) is 0 Å². The van der Waals surface area contributed by atoms with Crippen molar-refractivity contribution in [3.05, 3.63) is 52.0 Å². The first kappa shape index (κ1) is 16.1. The Morgan fingerprint density at radius 3 is 2.52 bits per heavy atom. The summed E-state index contributed by atoms with van der Waals surface area (Å²) in [6, 6.07) is 10.6. The third-order valence-corrected chi connectivity index (χ3v) is 4.23. The van der Waals surface area contributed by atoms with Gasteiger partial charge in [-0.25, -0.2) is 4.98 Å². The summed E-state index contributed by atoms with van der Waals surface area (Å²) in [7, 11) is 1.72. The Morgan fingerprint density at radius 1 is 1.24 bits per heavy atom. The second kappa shape index (κ2) is 7.16. The summed E-state index contributed by atoms with van der Waals surface area (Å²) in [5.74, 6) is 0. The Morgan fingerprint density at radius 2 is 1.95 bits per heavy atom. The lowest BCUT2D eigenvalue weighted by molar-refractivity contribution is 0.197. The highest BCUT2D eigenvalue weighted by atomic mass is 32.1. The quantitative estimate of drug-likeness (QED) is 0.825. The van der Waals surface area contributed by atoms with E-state index >= 15 is 0 Å². The lowest BCUT2D eigenvalue weighted by Crippen LogP contribution is -2.26. The number of methoxy groups -OCH3 is 1. The molecular weight excluding hydrogens is 280 g/mol. The van der Waals surface area contributed by atoms with E-state index in [1.165, 1.54) is 5.56 Å². The molecule has 0 bridgehead atoms. The van der Waals surface area contributed by atoms with Crippen LogP contribution in [0, 0.1) is 0 Å². The minimum Gasteiger partial charge on any atom is -0.383 e. The van der Waals surface area contributed by atoms with E-state index < -0.39 is 0 Å². The maximum atomic E-state index is 5.14. The topological polar surface area (TPSA) is 34.1 Å². The summed E-state index contributed by atoms with van der Waals surface area (Å²) in [5.41, 5.74) is 2.48. The number of nitrogens with zero attached hydrogens (tertiary/aromatic N) is 1. The van der Waals surface area contributed by atoms with Crippen LogP contribution in [0.4, 0.5) is 0 Å². The Bertz CT molecular complexity index is 545. The summed E-state index contributed by atoms with van der Waals surface area (Å²) < 4.78 is 5.14. The SMILES string of the molecule is COCCNC(c1ccccc1)c1nc(C(C)(C)C)cs1. The standard InChI is InChI=1S/C17H24N2OS/c1-17(2,3)14-12-21-16(19-14)15(18-10-11-20-4)13-8-6-5-7-9-13/h5-9,12,15,18H,10-11H2,1-4H3. The fraction of sp³-hybridized carbons (Fsp3) is 0.471. The molecule has 0 spiro atoms. The van der Waals surface area contributed by atoms with Gasteiger partial charge in [0.05, 0.1) is 18.3 Å². The average Bonchev–Trinajstić information content (AvgIpc) is 2.94. The first-order valence-electron chi connectivity index (χ1n) is 7.25. The molecule has 1 heterocycles.